The van der Waals surface area contributed by atoms with Crippen molar-refractivity contribution in [3.05, 3.63) is 52.3 Å². The van der Waals surface area contributed by atoms with Crippen LogP contribution in [-0.2, 0) is 4.74 Å². The quantitative estimate of drug-likeness (QED) is 0.777. The number of aromatic nitrogens is 1. The minimum Gasteiger partial charge on any atom is -0.368 e. The zero-order chi connectivity index (χ0) is 11.1. The molecule has 1 aliphatic heterocycles. The summed E-state index contributed by atoms with van der Waals surface area (Å²) >= 11 is 0. The van der Waals surface area contributed by atoms with Crippen molar-refractivity contribution in [2.24, 2.45) is 0 Å². The molecule has 0 amide bonds. The number of H-pyrrole nitrogens is 1. The van der Waals surface area contributed by atoms with E-state index in [9.17, 15) is 4.79 Å². The lowest BCUT2D eigenvalue weighted by Gasteiger charge is -2.02. The van der Waals surface area contributed by atoms with Gasteiger partial charge in [-0.1, -0.05) is 24.8 Å². The van der Waals surface area contributed by atoms with Gasteiger partial charge in [-0.05, 0) is 23.1 Å². The highest BCUT2D eigenvalue weighted by Gasteiger charge is 2.27. The second-order valence-electron chi connectivity index (χ2n) is 3.93. The Hall–Kier alpha value is -1.87. The molecule has 0 aliphatic carbocycles. The van der Waals surface area contributed by atoms with Crippen LogP contribution in [0.3, 0.4) is 0 Å². The summed E-state index contributed by atoms with van der Waals surface area (Å²) < 4.78 is 5.13. The normalized spacial score (nSPS) is 18.6. The molecule has 1 N–H and O–H groups in total. The number of epoxide rings is 1. The monoisotopic (exact) mass is 213 g/mol. The third-order valence-electron chi connectivity index (χ3n) is 2.81. The van der Waals surface area contributed by atoms with Gasteiger partial charge in [0.25, 0.3) is 5.56 Å². The van der Waals surface area contributed by atoms with Crippen LogP contribution in [0.1, 0.15) is 17.2 Å². The van der Waals surface area contributed by atoms with Gasteiger partial charge in [-0.2, -0.15) is 0 Å². The Labute approximate surface area is 92.4 Å². The topological polar surface area (TPSA) is 45.4 Å². The van der Waals surface area contributed by atoms with Gasteiger partial charge >= 0.3 is 0 Å². The summed E-state index contributed by atoms with van der Waals surface area (Å²) in [5.41, 5.74) is 2.50. The lowest BCUT2D eigenvalue weighted by molar-refractivity contribution is 0.414. The SMILES string of the molecule is C=Cc1ccc2cc(C3CO3)c(=O)[nH]c2c1. The summed E-state index contributed by atoms with van der Waals surface area (Å²) in [6.45, 7) is 4.36. The fraction of sp³-hybridized carbons (Fsp3) is 0.154. The molecule has 2 heterocycles. The molecular weight excluding hydrogens is 202 g/mol. The van der Waals surface area contributed by atoms with Crippen molar-refractivity contribution in [2.45, 2.75) is 6.10 Å². The molecule has 1 fully saturated rings. The minimum atomic E-state index is -0.0591. The van der Waals surface area contributed by atoms with Gasteiger partial charge < -0.3 is 9.72 Å². The Morgan fingerprint density at radius 1 is 1.44 bits per heavy atom. The molecule has 2 aromatic rings. The first-order valence-corrected chi connectivity index (χ1v) is 5.19. The molecule has 1 aromatic heterocycles. The standard InChI is InChI=1S/C13H11NO2/c1-2-8-3-4-9-6-10(12-7-16-12)13(15)14-11(9)5-8/h2-6,12H,1,7H2,(H,14,15). The predicted octanol–water partition coefficient (Wildman–Crippen LogP) is 2.24. The van der Waals surface area contributed by atoms with Gasteiger partial charge in [0.1, 0.15) is 6.10 Å². The molecule has 0 spiro atoms. The fourth-order valence-corrected chi connectivity index (χ4v) is 1.83. The van der Waals surface area contributed by atoms with Crippen LogP contribution in [0.2, 0.25) is 0 Å². The Bertz CT molecular complexity index is 623. The summed E-state index contributed by atoms with van der Waals surface area (Å²) in [6, 6.07) is 7.78. The van der Waals surface area contributed by atoms with Crippen molar-refractivity contribution in [1.82, 2.24) is 4.98 Å². The van der Waals surface area contributed by atoms with Gasteiger partial charge in [-0.3, -0.25) is 4.79 Å². The van der Waals surface area contributed by atoms with Gasteiger partial charge in [-0.25, -0.2) is 0 Å². The smallest absolute Gasteiger partial charge is 0.254 e. The van der Waals surface area contributed by atoms with Crippen LogP contribution in [0, 0.1) is 0 Å². The van der Waals surface area contributed by atoms with Crippen molar-refractivity contribution in [3.63, 3.8) is 0 Å². The van der Waals surface area contributed by atoms with Crippen LogP contribution in [0.15, 0.2) is 35.6 Å². The third kappa shape index (κ3) is 1.46. The maximum absolute atomic E-state index is 11.8. The fourth-order valence-electron chi connectivity index (χ4n) is 1.83. The van der Waals surface area contributed by atoms with Gasteiger partial charge in [-0.15, -0.1) is 0 Å². The average Bonchev–Trinajstić information content (AvgIpc) is 3.11. The van der Waals surface area contributed by atoms with E-state index in [1.807, 2.05) is 24.3 Å². The van der Waals surface area contributed by atoms with E-state index in [1.165, 1.54) is 0 Å². The highest BCUT2D eigenvalue weighted by molar-refractivity contribution is 5.81. The maximum Gasteiger partial charge on any atom is 0.254 e. The van der Waals surface area contributed by atoms with Gasteiger partial charge in [0, 0.05) is 11.1 Å². The highest BCUT2D eigenvalue weighted by atomic mass is 16.6. The van der Waals surface area contributed by atoms with Crippen LogP contribution >= 0.6 is 0 Å². The summed E-state index contributed by atoms with van der Waals surface area (Å²) in [7, 11) is 0. The zero-order valence-corrected chi connectivity index (χ0v) is 8.69. The Morgan fingerprint density at radius 2 is 2.25 bits per heavy atom. The molecule has 1 unspecified atom stereocenters. The van der Waals surface area contributed by atoms with Crippen molar-refractivity contribution in [2.75, 3.05) is 6.61 Å². The molecule has 16 heavy (non-hydrogen) atoms. The number of rotatable bonds is 2. The van der Waals surface area contributed by atoms with E-state index in [4.69, 9.17) is 4.74 Å². The van der Waals surface area contributed by atoms with E-state index < -0.39 is 0 Å². The molecule has 1 atom stereocenters. The summed E-state index contributed by atoms with van der Waals surface area (Å²) in [5, 5.41) is 1.02. The lowest BCUT2D eigenvalue weighted by Crippen LogP contribution is -2.11. The number of pyridine rings is 1. The molecular formula is C13H11NO2. The first kappa shape index (κ1) is 9.36. The van der Waals surface area contributed by atoms with Crippen molar-refractivity contribution in [3.8, 4) is 0 Å². The van der Waals surface area contributed by atoms with E-state index in [0.717, 1.165) is 22.0 Å². The lowest BCUT2D eigenvalue weighted by atomic mass is 10.1. The molecule has 3 rings (SSSR count). The maximum atomic E-state index is 11.8. The summed E-state index contributed by atoms with van der Waals surface area (Å²) in [4.78, 5) is 14.6. The highest BCUT2D eigenvalue weighted by Crippen LogP contribution is 2.28. The largest absolute Gasteiger partial charge is 0.368 e. The van der Waals surface area contributed by atoms with Crippen LogP contribution in [0.4, 0.5) is 0 Å². The summed E-state index contributed by atoms with van der Waals surface area (Å²) in [5.74, 6) is 0. The van der Waals surface area contributed by atoms with Crippen LogP contribution in [0.5, 0.6) is 0 Å². The van der Waals surface area contributed by atoms with E-state index >= 15 is 0 Å². The van der Waals surface area contributed by atoms with E-state index in [-0.39, 0.29) is 11.7 Å². The number of ether oxygens (including phenoxy) is 1. The number of aromatic amines is 1. The first-order valence-electron chi connectivity index (χ1n) is 5.19. The Morgan fingerprint density at radius 3 is 2.94 bits per heavy atom. The number of benzene rings is 1. The number of nitrogens with one attached hydrogen (secondary N) is 1. The van der Waals surface area contributed by atoms with Gasteiger partial charge in [0.05, 0.1) is 6.61 Å². The molecule has 80 valence electrons. The molecule has 1 aliphatic rings. The average molecular weight is 213 g/mol. The van der Waals surface area contributed by atoms with Gasteiger partial charge in [0.2, 0.25) is 0 Å². The second-order valence-corrected chi connectivity index (χ2v) is 3.93. The van der Waals surface area contributed by atoms with E-state index in [0.29, 0.717) is 6.61 Å². The predicted molar refractivity (Wildman–Crippen MR) is 63.4 cm³/mol. The van der Waals surface area contributed by atoms with Crippen LogP contribution < -0.4 is 5.56 Å². The second kappa shape index (κ2) is 3.32. The molecule has 3 heteroatoms. The molecule has 0 bridgehead atoms. The molecule has 3 nitrogen and oxygen atoms in total. The van der Waals surface area contributed by atoms with Crippen molar-refractivity contribution in [1.29, 1.82) is 0 Å². The van der Waals surface area contributed by atoms with E-state index in [2.05, 4.69) is 11.6 Å². The zero-order valence-electron chi connectivity index (χ0n) is 8.69. The molecule has 1 saturated heterocycles. The van der Waals surface area contributed by atoms with Crippen LogP contribution in [0.25, 0.3) is 17.0 Å². The molecule has 0 radical (unpaired) electrons. The van der Waals surface area contributed by atoms with E-state index in [1.54, 1.807) is 6.08 Å². The third-order valence-corrected chi connectivity index (χ3v) is 2.81. The minimum absolute atomic E-state index is 0.00719. The Balaban J connectivity index is 2.25. The van der Waals surface area contributed by atoms with Crippen LogP contribution in [-0.4, -0.2) is 11.6 Å². The van der Waals surface area contributed by atoms with Crippen molar-refractivity contribution >= 4 is 17.0 Å². The Kier molecular flexibility index (Phi) is 1.94. The number of hydrogen-bond donors (Lipinski definition) is 1. The van der Waals surface area contributed by atoms with Gasteiger partial charge in [0.15, 0.2) is 0 Å². The first-order chi connectivity index (χ1) is 7.78. The molecule has 0 saturated carbocycles. The molecule has 1 aromatic carbocycles. The summed E-state index contributed by atoms with van der Waals surface area (Å²) in [6.07, 6.45) is 1.75. The number of fused-ring (bicyclic) bond motifs is 1. The number of hydrogen-bond acceptors (Lipinski definition) is 2. The van der Waals surface area contributed by atoms with Crippen molar-refractivity contribution < 1.29 is 4.74 Å².